The van der Waals surface area contributed by atoms with E-state index in [9.17, 15) is 4.79 Å². The summed E-state index contributed by atoms with van der Waals surface area (Å²) >= 11 is 0. The summed E-state index contributed by atoms with van der Waals surface area (Å²) in [5, 5.41) is 3.34. The molecule has 3 rings (SSSR count). The van der Waals surface area contributed by atoms with Crippen LogP contribution in [0, 0.1) is 0 Å². The van der Waals surface area contributed by atoms with E-state index in [1.165, 1.54) is 5.56 Å². The fourth-order valence-electron chi connectivity index (χ4n) is 2.63. The molecule has 104 valence electrons. The van der Waals surface area contributed by atoms with Crippen molar-refractivity contribution in [1.29, 1.82) is 0 Å². The number of anilines is 1. The van der Waals surface area contributed by atoms with Gasteiger partial charge in [0.2, 0.25) is 0 Å². The predicted octanol–water partition coefficient (Wildman–Crippen LogP) is 1.72. The van der Waals surface area contributed by atoms with E-state index in [4.69, 9.17) is 4.74 Å². The van der Waals surface area contributed by atoms with E-state index in [1.807, 2.05) is 23.1 Å². The number of carbonyl (C=O) groups is 1. The molecule has 0 saturated carbocycles. The molecule has 1 atom stereocenters. The molecule has 0 radical (unpaired) electrons. The van der Waals surface area contributed by atoms with Crippen molar-refractivity contribution in [2.24, 2.45) is 0 Å². The topological polar surface area (TPSA) is 41.6 Å². The number of rotatable bonds is 1. The van der Waals surface area contributed by atoms with Gasteiger partial charge in [-0.15, -0.1) is 12.4 Å². The van der Waals surface area contributed by atoms with Gasteiger partial charge in [-0.25, -0.2) is 0 Å². The Morgan fingerprint density at radius 1 is 1.37 bits per heavy atom. The second kappa shape index (κ2) is 6.37. The first-order valence-electron chi connectivity index (χ1n) is 6.58. The van der Waals surface area contributed by atoms with Crippen molar-refractivity contribution < 1.29 is 9.53 Å². The summed E-state index contributed by atoms with van der Waals surface area (Å²) < 4.78 is 5.51. The van der Waals surface area contributed by atoms with Crippen LogP contribution in [0.4, 0.5) is 5.69 Å². The first kappa shape index (κ1) is 14.3. The van der Waals surface area contributed by atoms with E-state index in [0.29, 0.717) is 6.61 Å². The van der Waals surface area contributed by atoms with E-state index < -0.39 is 0 Å². The summed E-state index contributed by atoms with van der Waals surface area (Å²) in [4.78, 5) is 14.4. The van der Waals surface area contributed by atoms with Crippen LogP contribution in [-0.4, -0.2) is 31.7 Å². The van der Waals surface area contributed by atoms with Crippen LogP contribution in [0.25, 0.3) is 0 Å². The second-order valence-corrected chi connectivity index (χ2v) is 4.80. The highest BCUT2D eigenvalue weighted by Crippen LogP contribution is 2.25. The van der Waals surface area contributed by atoms with Crippen LogP contribution in [0.3, 0.4) is 0 Å². The Balaban J connectivity index is 0.00000133. The summed E-state index contributed by atoms with van der Waals surface area (Å²) in [6.07, 6.45) is 1.60. The number of ether oxygens (including phenoxy) is 1. The van der Waals surface area contributed by atoms with Crippen LogP contribution >= 0.6 is 12.4 Å². The van der Waals surface area contributed by atoms with Gasteiger partial charge in [-0.3, -0.25) is 4.79 Å². The lowest BCUT2D eigenvalue weighted by molar-refractivity contribution is -0.127. The van der Waals surface area contributed by atoms with Gasteiger partial charge >= 0.3 is 0 Å². The Hall–Kier alpha value is -1.10. The highest BCUT2D eigenvalue weighted by atomic mass is 35.5. The van der Waals surface area contributed by atoms with E-state index in [2.05, 4.69) is 11.4 Å². The normalized spacial score (nSPS) is 22.3. The van der Waals surface area contributed by atoms with Gasteiger partial charge in [0.05, 0.1) is 0 Å². The quantitative estimate of drug-likeness (QED) is 0.853. The van der Waals surface area contributed by atoms with E-state index in [1.54, 1.807) is 0 Å². The van der Waals surface area contributed by atoms with Gasteiger partial charge < -0.3 is 15.0 Å². The standard InChI is InChI=1S/C14H18N2O2.ClH/c17-14(13-6-3-9-18-13)16-8-7-15-10-11-4-1-2-5-12(11)16;/h1-2,4-5,13,15H,3,6-10H2;1H/t13-;/m0./s1. The number of carbonyl (C=O) groups excluding carboxylic acids is 1. The number of fused-ring (bicyclic) bond motifs is 1. The fraction of sp³-hybridized carbons (Fsp3) is 0.500. The van der Waals surface area contributed by atoms with Crippen molar-refractivity contribution in [2.75, 3.05) is 24.6 Å². The molecule has 0 aliphatic carbocycles. The van der Waals surface area contributed by atoms with Gasteiger partial charge in [0, 0.05) is 31.9 Å². The molecular weight excluding hydrogens is 264 g/mol. The average molecular weight is 283 g/mol. The molecule has 1 fully saturated rings. The molecule has 0 aromatic heterocycles. The Bertz CT molecular complexity index is 447. The third kappa shape index (κ3) is 2.91. The number of benzene rings is 1. The Kier molecular flexibility index (Phi) is 4.80. The lowest BCUT2D eigenvalue weighted by Crippen LogP contribution is -2.41. The fourth-order valence-corrected chi connectivity index (χ4v) is 2.63. The molecule has 0 bridgehead atoms. The summed E-state index contributed by atoms with van der Waals surface area (Å²) in [7, 11) is 0. The number of amides is 1. The Morgan fingerprint density at radius 3 is 3.00 bits per heavy atom. The highest BCUT2D eigenvalue weighted by molar-refractivity contribution is 5.97. The van der Waals surface area contributed by atoms with Gasteiger partial charge in [-0.2, -0.15) is 0 Å². The summed E-state index contributed by atoms with van der Waals surface area (Å²) in [6.45, 7) is 3.08. The smallest absolute Gasteiger partial charge is 0.256 e. The van der Waals surface area contributed by atoms with Crippen molar-refractivity contribution in [3.8, 4) is 0 Å². The highest BCUT2D eigenvalue weighted by Gasteiger charge is 2.30. The summed E-state index contributed by atoms with van der Waals surface area (Å²) in [5.74, 6) is 0.114. The lowest BCUT2D eigenvalue weighted by Gasteiger charge is -2.25. The van der Waals surface area contributed by atoms with Gasteiger partial charge in [0.25, 0.3) is 5.91 Å². The van der Waals surface area contributed by atoms with Crippen molar-refractivity contribution in [2.45, 2.75) is 25.5 Å². The van der Waals surface area contributed by atoms with Crippen molar-refractivity contribution in [3.63, 3.8) is 0 Å². The van der Waals surface area contributed by atoms with Crippen LogP contribution < -0.4 is 10.2 Å². The lowest BCUT2D eigenvalue weighted by atomic mass is 10.1. The molecule has 1 saturated heterocycles. The zero-order chi connectivity index (χ0) is 12.4. The number of halogens is 1. The maximum Gasteiger partial charge on any atom is 0.256 e. The molecule has 0 spiro atoms. The number of nitrogens with zero attached hydrogens (tertiary/aromatic N) is 1. The number of hydrogen-bond donors (Lipinski definition) is 1. The first-order valence-corrected chi connectivity index (χ1v) is 6.58. The van der Waals surface area contributed by atoms with Crippen LogP contribution in [0.1, 0.15) is 18.4 Å². The van der Waals surface area contributed by atoms with Crippen molar-refractivity contribution in [3.05, 3.63) is 29.8 Å². The minimum absolute atomic E-state index is 0. The minimum Gasteiger partial charge on any atom is -0.368 e. The molecule has 2 heterocycles. The minimum atomic E-state index is -0.240. The zero-order valence-corrected chi connectivity index (χ0v) is 11.6. The number of nitrogens with one attached hydrogen (secondary N) is 1. The van der Waals surface area contributed by atoms with Crippen LogP contribution in [0.15, 0.2) is 24.3 Å². The van der Waals surface area contributed by atoms with Crippen LogP contribution in [0.5, 0.6) is 0 Å². The summed E-state index contributed by atoms with van der Waals surface area (Å²) in [5.41, 5.74) is 2.21. The van der Waals surface area contributed by atoms with Crippen molar-refractivity contribution in [1.82, 2.24) is 5.32 Å². The third-order valence-electron chi connectivity index (χ3n) is 3.58. The average Bonchev–Trinajstić information content (AvgIpc) is 2.85. The molecule has 1 N–H and O–H groups in total. The van der Waals surface area contributed by atoms with E-state index >= 15 is 0 Å². The van der Waals surface area contributed by atoms with Gasteiger partial charge in [0.1, 0.15) is 6.10 Å². The van der Waals surface area contributed by atoms with Gasteiger partial charge in [-0.1, -0.05) is 18.2 Å². The first-order chi connectivity index (χ1) is 8.86. The molecule has 4 nitrogen and oxygen atoms in total. The predicted molar refractivity (Wildman–Crippen MR) is 76.7 cm³/mol. The molecule has 5 heteroatoms. The molecule has 2 aliphatic rings. The van der Waals surface area contributed by atoms with Crippen LogP contribution in [0.2, 0.25) is 0 Å². The van der Waals surface area contributed by atoms with Crippen LogP contribution in [-0.2, 0) is 16.1 Å². The molecule has 2 aliphatic heterocycles. The van der Waals surface area contributed by atoms with Gasteiger partial charge in [-0.05, 0) is 24.5 Å². The zero-order valence-electron chi connectivity index (χ0n) is 10.8. The SMILES string of the molecule is Cl.O=C([C@@H]1CCCO1)N1CCNCc2ccccc21. The molecule has 1 amide bonds. The second-order valence-electron chi connectivity index (χ2n) is 4.80. The molecular formula is C14H19ClN2O2. The van der Waals surface area contributed by atoms with E-state index in [-0.39, 0.29) is 24.4 Å². The van der Waals surface area contributed by atoms with Crippen molar-refractivity contribution >= 4 is 24.0 Å². The molecule has 1 aromatic carbocycles. The van der Waals surface area contributed by atoms with Gasteiger partial charge in [0.15, 0.2) is 0 Å². The monoisotopic (exact) mass is 282 g/mol. The Labute approximate surface area is 119 Å². The third-order valence-corrected chi connectivity index (χ3v) is 3.58. The molecule has 0 unspecified atom stereocenters. The molecule has 19 heavy (non-hydrogen) atoms. The maximum absolute atomic E-state index is 12.5. The number of hydrogen-bond acceptors (Lipinski definition) is 3. The number of para-hydroxylation sites is 1. The summed E-state index contributed by atoms with van der Waals surface area (Å²) in [6, 6.07) is 8.10. The Morgan fingerprint density at radius 2 is 2.21 bits per heavy atom. The van der Waals surface area contributed by atoms with E-state index in [0.717, 1.165) is 38.2 Å². The molecule has 1 aromatic rings. The maximum atomic E-state index is 12.5. The largest absolute Gasteiger partial charge is 0.368 e.